The van der Waals surface area contributed by atoms with E-state index in [9.17, 15) is 4.79 Å². The lowest BCUT2D eigenvalue weighted by Crippen LogP contribution is -2.22. The molecule has 3 nitrogen and oxygen atoms in total. The number of carbonyl (C=O) groups is 1. The van der Waals surface area contributed by atoms with Gasteiger partial charge in [-0.15, -0.1) is 12.4 Å². The van der Waals surface area contributed by atoms with Crippen LogP contribution in [0.2, 0.25) is 0 Å². The van der Waals surface area contributed by atoms with Gasteiger partial charge in [-0.3, -0.25) is 0 Å². The molecule has 110 valence electrons. The fourth-order valence-corrected chi connectivity index (χ4v) is 2.51. The highest BCUT2D eigenvalue weighted by atomic mass is 35.5. The zero-order valence-electron chi connectivity index (χ0n) is 11.8. The van der Waals surface area contributed by atoms with E-state index in [4.69, 9.17) is 10.5 Å². The Morgan fingerprint density at radius 3 is 2.95 bits per heavy atom. The summed E-state index contributed by atoms with van der Waals surface area (Å²) in [4.78, 5) is 11.3. The Morgan fingerprint density at radius 2 is 2.25 bits per heavy atom. The molecular weight excluding hydrogens is 274 g/mol. The fraction of sp³-hybridized carbons (Fsp3) is 0.438. The molecule has 0 spiro atoms. The number of nitrogens with two attached hydrogens (primary N) is 1. The number of rotatable bonds is 4. The Hall–Kier alpha value is -1.32. The van der Waals surface area contributed by atoms with Gasteiger partial charge in [0.05, 0.1) is 6.61 Å². The number of aryl methyl sites for hydroxylation is 1. The molecule has 2 rings (SSSR count). The first-order valence-electron chi connectivity index (χ1n) is 6.89. The third-order valence-electron chi connectivity index (χ3n) is 3.59. The molecule has 0 heterocycles. The fourth-order valence-electron chi connectivity index (χ4n) is 2.51. The van der Waals surface area contributed by atoms with Crippen LogP contribution in [0.1, 0.15) is 30.0 Å². The minimum absolute atomic E-state index is 0. The van der Waals surface area contributed by atoms with Crippen LogP contribution in [-0.2, 0) is 22.4 Å². The predicted molar refractivity (Wildman–Crippen MR) is 83.9 cm³/mol. The molecule has 0 radical (unpaired) electrons. The average Bonchev–Trinajstić information content (AvgIpc) is 2.44. The number of hydrogen-bond donors (Lipinski definition) is 1. The molecular formula is C16H22ClNO2. The maximum atomic E-state index is 11.3. The van der Waals surface area contributed by atoms with E-state index in [1.54, 1.807) is 6.92 Å². The van der Waals surface area contributed by atoms with Gasteiger partial charge in [0.1, 0.15) is 0 Å². The van der Waals surface area contributed by atoms with Crippen LogP contribution in [0.4, 0.5) is 0 Å². The van der Waals surface area contributed by atoms with Crippen LogP contribution >= 0.6 is 12.4 Å². The molecule has 0 fully saturated rings. The van der Waals surface area contributed by atoms with Gasteiger partial charge in [0.25, 0.3) is 0 Å². The Kier molecular flexibility index (Phi) is 6.76. The number of esters is 1. The van der Waals surface area contributed by atoms with Crippen LogP contribution in [0.15, 0.2) is 24.3 Å². The molecule has 0 saturated heterocycles. The van der Waals surface area contributed by atoms with E-state index in [0.29, 0.717) is 12.5 Å². The van der Waals surface area contributed by atoms with E-state index in [0.717, 1.165) is 24.9 Å². The van der Waals surface area contributed by atoms with Crippen molar-refractivity contribution >= 4 is 24.5 Å². The molecule has 0 bridgehead atoms. The highest BCUT2D eigenvalue weighted by Gasteiger charge is 2.17. The molecule has 0 amide bonds. The highest BCUT2D eigenvalue weighted by molar-refractivity contribution is 5.87. The summed E-state index contributed by atoms with van der Waals surface area (Å²) in [6.07, 6.45) is 6.63. The molecule has 0 aromatic heterocycles. The lowest BCUT2D eigenvalue weighted by Gasteiger charge is -2.23. The van der Waals surface area contributed by atoms with Crippen molar-refractivity contribution in [3.8, 4) is 0 Å². The normalized spacial score (nSPS) is 17.4. The molecule has 1 atom stereocenters. The molecule has 1 unspecified atom stereocenters. The van der Waals surface area contributed by atoms with Gasteiger partial charge in [-0.1, -0.05) is 18.2 Å². The standard InChI is InChI=1S/C16H21NO2.ClH/c1-2-19-16(18)8-5-12-3-6-14-7-4-13(11-17)10-15(14)9-12;/h3,5-6,8-9,13H,2,4,7,10-11,17H2,1H3;1H. The summed E-state index contributed by atoms with van der Waals surface area (Å²) in [5.41, 5.74) is 9.58. The first kappa shape index (κ1) is 16.7. The van der Waals surface area contributed by atoms with Crippen molar-refractivity contribution in [2.75, 3.05) is 13.2 Å². The van der Waals surface area contributed by atoms with Crippen LogP contribution in [-0.4, -0.2) is 19.1 Å². The van der Waals surface area contributed by atoms with Crippen LogP contribution in [0.5, 0.6) is 0 Å². The Bertz CT molecular complexity index is 485. The molecule has 20 heavy (non-hydrogen) atoms. The minimum atomic E-state index is -0.292. The summed E-state index contributed by atoms with van der Waals surface area (Å²) in [6.45, 7) is 2.96. The van der Waals surface area contributed by atoms with Crippen LogP contribution in [0.3, 0.4) is 0 Å². The zero-order valence-corrected chi connectivity index (χ0v) is 12.6. The first-order chi connectivity index (χ1) is 9.22. The molecule has 1 aliphatic carbocycles. The van der Waals surface area contributed by atoms with E-state index < -0.39 is 0 Å². The largest absolute Gasteiger partial charge is 0.463 e. The third kappa shape index (κ3) is 4.36. The van der Waals surface area contributed by atoms with Crippen molar-refractivity contribution in [2.24, 2.45) is 11.7 Å². The molecule has 1 aliphatic rings. The van der Waals surface area contributed by atoms with E-state index in [1.807, 2.05) is 6.08 Å². The van der Waals surface area contributed by atoms with E-state index in [1.165, 1.54) is 23.6 Å². The minimum Gasteiger partial charge on any atom is -0.463 e. The Balaban J connectivity index is 0.00000200. The van der Waals surface area contributed by atoms with Crippen molar-refractivity contribution in [3.63, 3.8) is 0 Å². The number of carbonyl (C=O) groups excluding carboxylic acids is 1. The second kappa shape index (κ2) is 8.08. The molecule has 0 saturated carbocycles. The average molecular weight is 296 g/mol. The second-order valence-electron chi connectivity index (χ2n) is 4.96. The van der Waals surface area contributed by atoms with Crippen molar-refractivity contribution in [3.05, 3.63) is 41.0 Å². The monoisotopic (exact) mass is 295 g/mol. The van der Waals surface area contributed by atoms with E-state index >= 15 is 0 Å². The van der Waals surface area contributed by atoms with Crippen LogP contribution < -0.4 is 5.73 Å². The molecule has 1 aromatic rings. The van der Waals surface area contributed by atoms with Gasteiger partial charge in [0.2, 0.25) is 0 Å². The summed E-state index contributed by atoms with van der Waals surface area (Å²) < 4.78 is 4.87. The number of ether oxygens (including phenoxy) is 1. The van der Waals surface area contributed by atoms with Gasteiger partial charge < -0.3 is 10.5 Å². The summed E-state index contributed by atoms with van der Waals surface area (Å²) in [5.74, 6) is 0.303. The SMILES string of the molecule is CCOC(=O)C=Cc1ccc2c(c1)CC(CN)CC2.Cl. The number of benzene rings is 1. The molecule has 4 heteroatoms. The number of hydrogen-bond acceptors (Lipinski definition) is 3. The van der Waals surface area contributed by atoms with Crippen molar-refractivity contribution in [1.82, 2.24) is 0 Å². The van der Waals surface area contributed by atoms with Crippen LogP contribution in [0, 0.1) is 5.92 Å². The number of fused-ring (bicyclic) bond motifs is 1. The summed E-state index contributed by atoms with van der Waals surface area (Å²) in [7, 11) is 0. The maximum Gasteiger partial charge on any atom is 0.330 e. The van der Waals surface area contributed by atoms with Gasteiger partial charge in [0.15, 0.2) is 0 Å². The second-order valence-corrected chi connectivity index (χ2v) is 4.96. The summed E-state index contributed by atoms with van der Waals surface area (Å²) in [6, 6.07) is 6.37. The summed E-state index contributed by atoms with van der Waals surface area (Å²) in [5, 5.41) is 0. The van der Waals surface area contributed by atoms with Gasteiger partial charge in [0, 0.05) is 6.08 Å². The van der Waals surface area contributed by atoms with Crippen molar-refractivity contribution in [1.29, 1.82) is 0 Å². The van der Waals surface area contributed by atoms with Gasteiger partial charge in [-0.2, -0.15) is 0 Å². The number of halogens is 1. The lowest BCUT2D eigenvalue weighted by molar-refractivity contribution is -0.137. The molecule has 1 aromatic carbocycles. The quantitative estimate of drug-likeness (QED) is 0.686. The third-order valence-corrected chi connectivity index (χ3v) is 3.59. The van der Waals surface area contributed by atoms with Gasteiger partial charge in [-0.25, -0.2) is 4.79 Å². The predicted octanol–water partition coefficient (Wildman–Crippen LogP) is 2.75. The van der Waals surface area contributed by atoms with Crippen molar-refractivity contribution in [2.45, 2.75) is 26.2 Å². The maximum absolute atomic E-state index is 11.3. The van der Waals surface area contributed by atoms with Crippen LogP contribution in [0.25, 0.3) is 6.08 Å². The van der Waals surface area contributed by atoms with Gasteiger partial charge >= 0.3 is 5.97 Å². The smallest absolute Gasteiger partial charge is 0.330 e. The van der Waals surface area contributed by atoms with Gasteiger partial charge in [-0.05, 0) is 61.4 Å². The Morgan fingerprint density at radius 1 is 1.45 bits per heavy atom. The van der Waals surface area contributed by atoms with E-state index in [-0.39, 0.29) is 18.4 Å². The molecule has 2 N–H and O–H groups in total. The molecule has 0 aliphatic heterocycles. The Labute approximate surface area is 126 Å². The lowest BCUT2D eigenvalue weighted by atomic mass is 9.83. The van der Waals surface area contributed by atoms with Crippen molar-refractivity contribution < 1.29 is 9.53 Å². The zero-order chi connectivity index (χ0) is 13.7. The summed E-state index contributed by atoms with van der Waals surface area (Å²) >= 11 is 0. The first-order valence-corrected chi connectivity index (χ1v) is 6.89. The highest BCUT2D eigenvalue weighted by Crippen LogP contribution is 2.26. The topological polar surface area (TPSA) is 52.3 Å². The van der Waals surface area contributed by atoms with E-state index in [2.05, 4.69) is 18.2 Å².